The summed E-state index contributed by atoms with van der Waals surface area (Å²) in [7, 11) is 2.58. The quantitative estimate of drug-likeness (QED) is 0.139. The monoisotopic (exact) mass is 744 g/mol. The summed E-state index contributed by atoms with van der Waals surface area (Å²) in [4.78, 5) is 73.1. The largest absolute Gasteiger partial charge is 0.453 e. The summed E-state index contributed by atoms with van der Waals surface area (Å²) in [6.07, 6.45) is 7.95. The molecule has 0 unspecified atom stereocenters. The number of imidazole rings is 2. The van der Waals surface area contributed by atoms with Gasteiger partial charge < -0.3 is 39.9 Å². The van der Waals surface area contributed by atoms with E-state index < -0.39 is 24.3 Å². The smallest absolute Gasteiger partial charge is 0.407 e. The number of thiophene rings is 1. The molecule has 14 nitrogen and oxygen atoms in total. The lowest BCUT2D eigenvalue weighted by atomic mass is 10.0. The average Bonchev–Trinajstić information content (AvgIpc) is 3.98. The van der Waals surface area contributed by atoms with Gasteiger partial charge >= 0.3 is 12.2 Å². The molecule has 0 saturated carbocycles. The zero-order valence-corrected chi connectivity index (χ0v) is 31.8. The Morgan fingerprint density at radius 3 is 2.02 bits per heavy atom. The van der Waals surface area contributed by atoms with Crippen LogP contribution in [0, 0.1) is 11.8 Å². The maximum Gasteiger partial charge on any atom is 0.407 e. The summed E-state index contributed by atoms with van der Waals surface area (Å²) in [5.41, 5.74) is 3.58. The van der Waals surface area contributed by atoms with Crippen LogP contribution in [0.3, 0.4) is 0 Å². The second kappa shape index (κ2) is 16.2. The number of aromatic nitrogens is 4. The maximum atomic E-state index is 13.6. The predicted molar refractivity (Wildman–Crippen MR) is 203 cm³/mol. The van der Waals surface area contributed by atoms with Crippen LogP contribution in [0.15, 0.2) is 36.5 Å². The van der Waals surface area contributed by atoms with Crippen molar-refractivity contribution < 1.29 is 28.7 Å². The number of ether oxygens (including phenoxy) is 2. The first-order valence-corrected chi connectivity index (χ1v) is 18.9. The zero-order valence-electron chi connectivity index (χ0n) is 31.0. The van der Waals surface area contributed by atoms with Crippen molar-refractivity contribution in [2.45, 2.75) is 77.5 Å². The van der Waals surface area contributed by atoms with E-state index in [1.807, 2.05) is 61.9 Å². The first-order valence-electron chi connectivity index (χ1n) is 18.1. The second-order valence-electron chi connectivity index (χ2n) is 14.2. The predicted octanol–water partition coefficient (Wildman–Crippen LogP) is 6.27. The fraction of sp³-hybridized carbons (Fsp3) is 0.474. The Kier molecular flexibility index (Phi) is 11.5. The fourth-order valence-electron chi connectivity index (χ4n) is 7.09. The summed E-state index contributed by atoms with van der Waals surface area (Å²) in [6.45, 7) is 8.79. The molecule has 0 bridgehead atoms. The molecule has 3 aromatic heterocycles. The number of alkyl carbamates (subject to hydrolysis) is 2. The van der Waals surface area contributed by atoms with E-state index in [4.69, 9.17) is 14.5 Å². The number of hydrogen-bond acceptors (Lipinski definition) is 9. The van der Waals surface area contributed by atoms with Crippen molar-refractivity contribution in [3.63, 3.8) is 0 Å². The standard InChI is InChI=1S/C38H48N8O6S/c1-21(2)31(43-37(49)51-5)35(47)45-17-7-9-28(45)33-39-20-27(42-33)30-16-14-24(53-30)13-11-23-12-15-25-26(19-23)41-34(40-25)29-10-8-18-46(29)36(48)32(22(3)4)44-38(50)52-6/h11-16,19-22,28-29,31-32H,7-10,17-18H2,1-6H3,(H,39,42)(H,40,41)(H,43,49)(H,44,50)/b13-11+/t28-,29-,31-,32-/m0/s1. The SMILES string of the molecule is COC(=O)N[C@H](C(=O)N1CCC[C@H]1c1ncc(-c2ccc(/C=C/c3ccc4nc([C@@H]5CCCN5C(=O)[C@@H](NC(=O)OC)C(C)C)[nH]c4c3)s2)[nH]1)C(C)C. The zero-order chi connectivity index (χ0) is 37.8. The van der Waals surface area contributed by atoms with Gasteiger partial charge in [0.1, 0.15) is 23.7 Å². The number of hydrogen-bond donors (Lipinski definition) is 4. The highest BCUT2D eigenvalue weighted by molar-refractivity contribution is 7.16. The van der Waals surface area contributed by atoms with E-state index in [0.29, 0.717) is 13.1 Å². The lowest BCUT2D eigenvalue weighted by Crippen LogP contribution is -2.51. The van der Waals surface area contributed by atoms with E-state index in [2.05, 4.69) is 49.9 Å². The summed E-state index contributed by atoms with van der Waals surface area (Å²) < 4.78 is 9.50. The van der Waals surface area contributed by atoms with E-state index in [-0.39, 0.29) is 35.7 Å². The highest BCUT2D eigenvalue weighted by Gasteiger charge is 2.39. The van der Waals surface area contributed by atoms with Gasteiger partial charge in [0.2, 0.25) is 11.8 Å². The second-order valence-corrected chi connectivity index (χ2v) is 15.3. The molecule has 6 rings (SSSR count). The van der Waals surface area contributed by atoms with E-state index in [9.17, 15) is 19.2 Å². The van der Waals surface area contributed by atoms with Gasteiger partial charge in [0.05, 0.1) is 54.1 Å². The molecule has 2 aliphatic rings. The number of H-pyrrole nitrogens is 2. The van der Waals surface area contributed by atoms with Crippen LogP contribution in [0.1, 0.15) is 87.6 Å². The Balaban J connectivity index is 1.12. The molecular formula is C38H48N8O6S. The third-order valence-corrected chi connectivity index (χ3v) is 11.0. The Bertz CT molecular complexity index is 1980. The Labute approximate surface area is 312 Å². The molecule has 0 radical (unpaired) electrons. The van der Waals surface area contributed by atoms with Gasteiger partial charge in [-0.05, 0) is 73.4 Å². The molecule has 2 aliphatic heterocycles. The van der Waals surface area contributed by atoms with E-state index in [0.717, 1.165) is 69.4 Å². The van der Waals surface area contributed by atoms with Crippen LogP contribution in [0.5, 0.6) is 0 Å². The topological polar surface area (TPSA) is 175 Å². The van der Waals surface area contributed by atoms with Crippen LogP contribution in [0.2, 0.25) is 0 Å². The van der Waals surface area contributed by atoms with Gasteiger partial charge in [0.15, 0.2) is 0 Å². The Hall–Kier alpha value is -5.18. The number of carbonyl (C=O) groups is 4. The van der Waals surface area contributed by atoms with Crippen molar-refractivity contribution >= 4 is 58.5 Å². The molecule has 15 heteroatoms. The van der Waals surface area contributed by atoms with Crippen LogP contribution in [0.25, 0.3) is 33.8 Å². The average molecular weight is 745 g/mol. The van der Waals surface area contributed by atoms with Crippen molar-refractivity contribution in [2.75, 3.05) is 27.3 Å². The molecule has 2 saturated heterocycles. The number of fused-ring (bicyclic) bond motifs is 1. The van der Waals surface area contributed by atoms with Crippen LogP contribution >= 0.6 is 11.3 Å². The molecule has 5 heterocycles. The first kappa shape index (κ1) is 37.6. The number of carbonyl (C=O) groups excluding carboxylic acids is 4. The van der Waals surface area contributed by atoms with Gasteiger partial charge in [-0.25, -0.2) is 19.6 Å². The lowest BCUT2D eigenvalue weighted by Gasteiger charge is -2.30. The third-order valence-electron chi connectivity index (χ3n) is 9.94. The number of aromatic amines is 2. The van der Waals surface area contributed by atoms with Crippen molar-refractivity contribution in [3.05, 3.63) is 58.6 Å². The van der Waals surface area contributed by atoms with Crippen molar-refractivity contribution in [1.82, 2.24) is 40.4 Å². The molecule has 1 aromatic carbocycles. The molecular weight excluding hydrogens is 697 g/mol. The normalized spacial score (nSPS) is 18.6. The Morgan fingerprint density at radius 1 is 0.830 bits per heavy atom. The molecule has 53 heavy (non-hydrogen) atoms. The van der Waals surface area contributed by atoms with Gasteiger partial charge in [-0.2, -0.15) is 0 Å². The lowest BCUT2D eigenvalue weighted by molar-refractivity contribution is -0.136. The molecule has 0 spiro atoms. The number of likely N-dealkylation sites (tertiary alicyclic amines) is 2. The van der Waals surface area contributed by atoms with E-state index >= 15 is 0 Å². The minimum Gasteiger partial charge on any atom is -0.453 e. The molecule has 4 aromatic rings. The number of benzene rings is 1. The molecule has 4 atom stereocenters. The third kappa shape index (κ3) is 8.24. The van der Waals surface area contributed by atoms with Crippen LogP contribution in [0.4, 0.5) is 9.59 Å². The summed E-state index contributed by atoms with van der Waals surface area (Å²) in [5.74, 6) is 0.974. The summed E-state index contributed by atoms with van der Waals surface area (Å²) in [6, 6.07) is 8.37. The molecule has 2 fully saturated rings. The minimum atomic E-state index is -0.688. The molecule has 4 N–H and O–H groups in total. The number of amides is 4. The number of nitrogens with zero attached hydrogens (tertiary/aromatic N) is 4. The van der Waals surface area contributed by atoms with Crippen molar-refractivity contribution in [3.8, 4) is 10.6 Å². The summed E-state index contributed by atoms with van der Waals surface area (Å²) in [5, 5.41) is 5.39. The fourth-order valence-corrected chi connectivity index (χ4v) is 7.97. The summed E-state index contributed by atoms with van der Waals surface area (Å²) >= 11 is 1.63. The van der Waals surface area contributed by atoms with Crippen LogP contribution in [-0.4, -0.2) is 93.1 Å². The number of nitrogens with one attached hydrogen (secondary N) is 4. The van der Waals surface area contributed by atoms with Crippen molar-refractivity contribution in [2.24, 2.45) is 11.8 Å². The van der Waals surface area contributed by atoms with Gasteiger partial charge in [0.25, 0.3) is 0 Å². The highest BCUT2D eigenvalue weighted by Crippen LogP contribution is 2.35. The van der Waals surface area contributed by atoms with Gasteiger partial charge in [-0.3, -0.25) is 9.59 Å². The number of rotatable bonds is 11. The molecule has 4 amide bonds. The molecule has 282 valence electrons. The highest BCUT2D eigenvalue weighted by atomic mass is 32.1. The first-order chi connectivity index (χ1) is 25.5. The van der Waals surface area contributed by atoms with Crippen LogP contribution < -0.4 is 10.6 Å². The minimum absolute atomic E-state index is 0.103. The molecule has 0 aliphatic carbocycles. The maximum absolute atomic E-state index is 13.6. The van der Waals surface area contributed by atoms with Crippen molar-refractivity contribution in [1.29, 1.82) is 0 Å². The van der Waals surface area contributed by atoms with Gasteiger partial charge in [-0.1, -0.05) is 39.8 Å². The Morgan fingerprint density at radius 2 is 1.43 bits per heavy atom. The van der Waals surface area contributed by atoms with Crippen LogP contribution in [-0.2, 0) is 19.1 Å². The number of methoxy groups -OCH3 is 2. The van der Waals surface area contributed by atoms with Gasteiger partial charge in [-0.15, -0.1) is 11.3 Å². The van der Waals surface area contributed by atoms with E-state index in [1.165, 1.54) is 14.2 Å². The van der Waals surface area contributed by atoms with Gasteiger partial charge in [0, 0.05) is 18.0 Å². The van der Waals surface area contributed by atoms with E-state index in [1.54, 1.807) is 11.3 Å².